The number of carbonyl (C=O) groups excluding carboxylic acids is 1. The van der Waals surface area contributed by atoms with E-state index in [4.69, 9.17) is 5.73 Å². The van der Waals surface area contributed by atoms with Gasteiger partial charge in [0.2, 0.25) is 5.91 Å². The fourth-order valence-electron chi connectivity index (χ4n) is 0.732. The summed E-state index contributed by atoms with van der Waals surface area (Å²) in [4.78, 5) is 10.8. The molecule has 0 aromatic carbocycles. The number of likely N-dealkylation sites (N-methyl/N-ethyl adjacent to an activating group) is 1. The molecule has 0 aliphatic rings. The van der Waals surface area contributed by atoms with Gasteiger partial charge in [-0.15, -0.1) is 0 Å². The monoisotopic (exact) mass is 157 g/mol. The van der Waals surface area contributed by atoms with E-state index >= 15 is 0 Å². The first-order valence-corrected chi connectivity index (χ1v) is 3.45. The molecule has 0 saturated heterocycles. The van der Waals surface area contributed by atoms with Crippen molar-refractivity contribution >= 4 is 5.91 Å². The van der Waals surface area contributed by atoms with Crippen LogP contribution >= 0.6 is 0 Å². The second kappa shape index (κ2) is 4.73. The zero-order valence-corrected chi connectivity index (χ0v) is 7.19. The normalized spacial score (nSPS) is 12.3. The van der Waals surface area contributed by atoms with Gasteiger partial charge in [0.25, 0.3) is 0 Å². The third kappa shape index (κ3) is 3.04. The number of primary amides is 1. The summed E-state index contributed by atoms with van der Waals surface area (Å²) in [5.74, 6) is -0.383. The van der Waals surface area contributed by atoms with Crippen molar-refractivity contribution in [2.75, 3.05) is 20.6 Å². The van der Waals surface area contributed by atoms with E-state index in [1.165, 1.54) is 0 Å². The second-order valence-electron chi connectivity index (χ2n) is 2.25. The Bertz CT molecular complexity index is 175. The van der Waals surface area contributed by atoms with Crippen LogP contribution in [-0.2, 0) is 4.79 Å². The zero-order valence-electron chi connectivity index (χ0n) is 7.19. The van der Waals surface area contributed by atoms with Crippen molar-refractivity contribution in [3.8, 4) is 0 Å². The Hall–Kier alpha value is -1.03. The SMILES string of the molecule is CNC/C(C(N)=O)=C(\C)NC. The fraction of sp³-hybridized carbons (Fsp3) is 0.571. The molecular weight excluding hydrogens is 142 g/mol. The molecule has 11 heavy (non-hydrogen) atoms. The van der Waals surface area contributed by atoms with Crippen LogP contribution in [0.1, 0.15) is 6.92 Å². The van der Waals surface area contributed by atoms with E-state index < -0.39 is 0 Å². The van der Waals surface area contributed by atoms with Gasteiger partial charge in [-0.2, -0.15) is 0 Å². The van der Waals surface area contributed by atoms with Crippen molar-refractivity contribution in [3.63, 3.8) is 0 Å². The Labute approximate surface area is 66.8 Å². The summed E-state index contributed by atoms with van der Waals surface area (Å²) in [6, 6.07) is 0. The highest BCUT2D eigenvalue weighted by atomic mass is 16.1. The van der Waals surface area contributed by atoms with Crippen LogP contribution in [0.3, 0.4) is 0 Å². The van der Waals surface area contributed by atoms with Crippen LogP contribution in [0.4, 0.5) is 0 Å². The average molecular weight is 157 g/mol. The van der Waals surface area contributed by atoms with Gasteiger partial charge in [-0.25, -0.2) is 0 Å². The first-order chi connectivity index (χ1) is 5.13. The molecule has 4 heteroatoms. The number of amides is 1. The molecule has 0 fully saturated rings. The van der Waals surface area contributed by atoms with Crippen LogP contribution in [0, 0.1) is 0 Å². The molecule has 0 aliphatic heterocycles. The molecule has 0 aromatic rings. The highest BCUT2D eigenvalue weighted by molar-refractivity contribution is 5.93. The Balaban J connectivity index is 4.43. The van der Waals surface area contributed by atoms with Crippen LogP contribution in [0.2, 0.25) is 0 Å². The summed E-state index contributed by atoms with van der Waals surface area (Å²) in [5, 5.41) is 5.74. The Morgan fingerprint density at radius 3 is 2.27 bits per heavy atom. The number of allylic oxidation sites excluding steroid dienone is 1. The molecule has 0 atom stereocenters. The lowest BCUT2D eigenvalue weighted by atomic mass is 10.2. The lowest BCUT2D eigenvalue weighted by Crippen LogP contribution is -2.26. The van der Waals surface area contributed by atoms with Crippen molar-refractivity contribution in [2.24, 2.45) is 5.73 Å². The number of nitrogens with two attached hydrogens (primary N) is 1. The number of carbonyl (C=O) groups is 1. The highest BCUT2D eigenvalue weighted by Crippen LogP contribution is 1.97. The third-order valence-corrected chi connectivity index (χ3v) is 1.48. The zero-order chi connectivity index (χ0) is 8.85. The minimum Gasteiger partial charge on any atom is -0.391 e. The summed E-state index contributed by atoms with van der Waals surface area (Å²) in [6.07, 6.45) is 0. The quantitative estimate of drug-likeness (QED) is 0.467. The van der Waals surface area contributed by atoms with Crippen molar-refractivity contribution in [1.29, 1.82) is 0 Å². The Morgan fingerprint density at radius 1 is 1.45 bits per heavy atom. The summed E-state index contributed by atoms with van der Waals surface area (Å²) < 4.78 is 0. The minimum atomic E-state index is -0.383. The van der Waals surface area contributed by atoms with Crippen molar-refractivity contribution in [3.05, 3.63) is 11.3 Å². The smallest absolute Gasteiger partial charge is 0.247 e. The van der Waals surface area contributed by atoms with E-state index in [9.17, 15) is 4.79 Å². The van der Waals surface area contributed by atoms with Crippen molar-refractivity contribution in [1.82, 2.24) is 10.6 Å². The maximum Gasteiger partial charge on any atom is 0.247 e. The second-order valence-corrected chi connectivity index (χ2v) is 2.25. The molecule has 0 aromatic heterocycles. The van der Waals surface area contributed by atoms with E-state index in [0.717, 1.165) is 5.70 Å². The van der Waals surface area contributed by atoms with Gasteiger partial charge in [0, 0.05) is 24.9 Å². The highest BCUT2D eigenvalue weighted by Gasteiger charge is 2.06. The van der Waals surface area contributed by atoms with E-state index in [1.54, 1.807) is 14.1 Å². The van der Waals surface area contributed by atoms with E-state index in [2.05, 4.69) is 10.6 Å². The summed E-state index contributed by atoms with van der Waals surface area (Å²) >= 11 is 0. The van der Waals surface area contributed by atoms with Crippen molar-refractivity contribution in [2.45, 2.75) is 6.92 Å². The molecule has 0 heterocycles. The summed E-state index contributed by atoms with van der Waals surface area (Å²) in [5.41, 5.74) is 6.53. The van der Waals surface area contributed by atoms with Gasteiger partial charge in [0.1, 0.15) is 0 Å². The number of rotatable bonds is 4. The number of hydrogen-bond donors (Lipinski definition) is 3. The Morgan fingerprint density at radius 2 is 2.00 bits per heavy atom. The molecule has 1 amide bonds. The predicted octanol–water partition coefficient (Wildman–Crippen LogP) is -0.815. The van der Waals surface area contributed by atoms with Crippen LogP contribution < -0.4 is 16.4 Å². The maximum atomic E-state index is 10.8. The van der Waals surface area contributed by atoms with Gasteiger partial charge >= 0.3 is 0 Å². The molecule has 0 saturated carbocycles. The summed E-state index contributed by atoms with van der Waals surface area (Å²) in [6.45, 7) is 2.32. The van der Waals surface area contributed by atoms with Crippen LogP contribution in [0.25, 0.3) is 0 Å². The number of nitrogens with one attached hydrogen (secondary N) is 2. The molecule has 64 valence electrons. The van der Waals surface area contributed by atoms with Crippen molar-refractivity contribution < 1.29 is 4.79 Å². The standard InChI is InChI=1S/C7H15N3O/c1-5(10-3)6(4-9-2)7(8)11/h9-10H,4H2,1-3H3,(H2,8,11)/b6-5-. The molecule has 0 aliphatic carbocycles. The molecular formula is C7H15N3O. The molecule has 4 nitrogen and oxygen atoms in total. The van der Waals surface area contributed by atoms with Gasteiger partial charge in [-0.3, -0.25) is 4.79 Å². The fourth-order valence-corrected chi connectivity index (χ4v) is 0.732. The molecule has 0 radical (unpaired) electrons. The average Bonchev–Trinajstić information content (AvgIpc) is 1.98. The molecule has 4 N–H and O–H groups in total. The lowest BCUT2D eigenvalue weighted by molar-refractivity contribution is -0.114. The van der Waals surface area contributed by atoms with E-state index in [-0.39, 0.29) is 5.91 Å². The minimum absolute atomic E-state index is 0.383. The largest absolute Gasteiger partial charge is 0.391 e. The van der Waals surface area contributed by atoms with Crippen LogP contribution in [0.5, 0.6) is 0 Å². The molecule has 0 bridgehead atoms. The van der Waals surface area contributed by atoms with Crippen LogP contribution in [-0.4, -0.2) is 26.5 Å². The van der Waals surface area contributed by atoms with Gasteiger partial charge in [0.15, 0.2) is 0 Å². The third-order valence-electron chi connectivity index (χ3n) is 1.48. The Kier molecular flexibility index (Phi) is 4.29. The molecule has 0 unspecified atom stereocenters. The predicted molar refractivity (Wildman–Crippen MR) is 44.9 cm³/mol. The first kappa shape index (κ1) is 9.97. The maximum absolute atomic E-state index is 10.8. The van der Waals surface area contributed by atoms with Gasteiger partial charge in [0.05, 0.1) is 0 Å². The van der Waals surface area contributed by atoms with Gasteiger partial charge in [-0.05, 0) is 14.0 Å². The van der Waals surface area contributed by atoms with E-state index in [1.807, 2.05) is 6.92 Å². The summed E-state index contributed by atoms with van der Waals surface area (Å²) in [7, 11) is 3.53. The van der Waals surface area contributed by atoms with E-state index in [0.29, 0.717) is 12.1 Å². The number of hydrogen-bond acceptors (Lipinski definition) is 3. The van der Waals surface area contributed by atoms with Crippen LogP contribution in [0.15, 0.2) is 11.3 Å². The van der Waals surface area contributed by atoms with Gasteiger partial charge in [-0.1, -0.05) is 0 Å². The van der Waals surface area contributed by atoms with Gasteiger partial charge < -0.3 is 16.4 Å². The molecule has 0 spiro atoms. The first-order valence-electron chi connectivity index (χ1n) is 3.45. The lowest BCUT2D eigenvalue weighted by Gasteiger charge is -2.07. The molecule has 0 rings (SSSR count). The topological polar surface area (TPSA) is 67.1 Å².